The molecule has 2 aromatic heterocycles. The van der Waals surface area contributed by atoms with E-state index in [1.807, 2.05) is 4.90 Å². The number of H-pyrrole nitrogens is 1. The van der Waals surface area contributed by atoms with E-state index < -0.39 is 0 Å². The molecule has 2 aliphatic rings. The van der Waals surface area contributed by atoms with Gasteiger partial charge < -0.3 is 14.6 Å². The van der Waals surface area contributed by atoms with E-state index in [1.165, 1.54) is 0 Å². The summed E-state index contributed by atoms with van der Waals surface area (Å²) in [5, 5.41) is 8.26. The number of likely N-dealkylation sites (tertiary alicyclic amines) is 1. The van der Waals surface area contributed by atoms with E-state index in [0.29, 0.717) is 30.2 Å². The van der Waals surface area contributed by atoms with Crippen LogP contribution in [-0.2, 0) is 0 Å². The number of rotatable bonds is 4. The summed E-state index contributed by atoms with van der Waals surface area (Å²) in [5.41, 5.74) is 1.26. The fourth-order valence-electron chi connectivity index (χ4n) is 3.88. The zero-order valence-electron chi connectivity index (χ0n) is 16.2. The number of hydrogen-bond acceptors (Lipinski definition) is 6. The highest BCUT2D eigenvalue weighted by Gasteiger charge is 2.30. The topological polar surface area (TPSA) is 106 Å². The van der Waals surface area contributed by atoms with Crippen LogP contribution >= 0.6 is 0 Å². The molecule has 5 rings (SSSR count). The number of fused-ring (bicyclic) bond motifs is 1. The Labute approximate surface area is 166 Å². The predicted octanol–water partition coefficient (Wildman–Crippen LogP) is 1.88. The van der Waals surface area contributed by atoms with Gasteiger partial charge in [0, 0.05) is 24.6 Å². The van der Waals surface area contributed by atoms with Crippen molar-refractivity contribution in [3.8, 4) is 5.75 Å². The van der Waals surface area contributed by atoms with E-state index in [9.17, 15) is 9.59 Å². The monoisotopic (exact) mass is 394 g/mol. The first-order valence-corrected chi connectivity index (χ1v) is 9.92. The van der Waals surface area contributed by atoms with Crippen LogP contribution in [0.3, 0.4) is 0 Å². The average molecular weight is 394 g/mol. The Morgan fingerprint density at radius 1 is 1.14 bits per heavy atom. The van der Waals surface area contributed by atoms with Gasteiger partial charge in [-0.25, -0.2) is 9.67 Å². The van der Waals surface area contributed by atoms with Gasteiger partial charge in [0.05, 0.1) is 13.2 Å². The molecular weight excluding hydrogens is 372 g/mol. The van der Waals surface area contributed by atoms with Crippen LogP contribution in [0, 0.1) is 0 Å². The number of methoxy groups -OCH3 is 1. The normalized spacial score (nSPS) is 17.6. The fraction of sp³-hybridized carbons (Fsp3) is 0.450. The number of amides is 1. The van der Waals surface area contributed by atoms with Crippen molar-refractivity contribution in [2.45, 2.75) is 37.6 Å². The third kappa shape index (κ3) is 3.26. The highest BCUT2D eigenvalue weighted by atomic mass is 16.5. The SMILES string of the molecule is COc1ccc(C(=O)N2CCC(n3nnc4c(=O)[nH]c(C5CC5)nc43)CC2)cc1. The van der Waals surface area contributed by atoms with Crippen molar-refractivity contribution < 1.29 is 9.53 Å². The summed E-state index contributed by atoms with van der Waals surface area (Å²) in [6.07, 6.45) is 3.60. The van der Waals surface area contributed by atoms with E-state index in [2.05, 4.69) is 20.3 Å². The summed E-state index contributed by atoms with van der Waals surface area (Å²) in [6, 6.07) is 7.23. The molecule has 1 aromatic carbocycles. The minimum absolute atomic E-state index is 0.0140. The lowest BCUT2D eigenvalue weighted by molar-refractivity contribution is 0.0691. The molecule has 3 aromatic rings. The largest absolute Gasteiger partial charge is 0.497 e. The highest BCUT2D eigenvalue weighted by molar-refractivity contribution is 5.94. The molecule has 29 heavy (non-hydrogen) atoms. The summed E-state index contributed by atoms with van der Waals surface area (Å²) in [4.78, 5) is 34.4. The van der Waals surface area contributed by atoms with Gasteiger partial charge in [-0.1, -0.05) is 5.21 Å². The number of aromatic nitrogens is 5. The number of ether oxygens (including phenoxy) is 1. The first-order chi connectivity index (χ1) is 14.1. The standard InChI is InChI=1S/C20H22N6O3/c1-29-15-6-4-13(5-7-15)20(28)25-10-8-14(9-11-25)26-18-16(23-24-26)19(27)22-17(21-18)12-2-3-12/h4-7,12,14H,2-3,8-11H2,1H3,(H,21,22,27). The summed E-state index contributed by atoms with van der Waals surface area (Å²) in [7, 11) is 1.60. The highest BCUT2D eigenvalue weighted by Crippen LogP contribution is 2.38. The average Bonchev–Trinajstić information content (AvgIpc) is 3.53. The van der Waals surface area contributed by atoms with Crippen LogP contribution in [0.15, 0.2) is 29.1 Å². The van der Waals surface area contributed by atoms with Crippen molar-refractivity contribution >= 4 is 17.1 Å². The summed E-state index contributed by atoms with van der Waals surface area (Å²) < 4.78 is 6.92. The van der Waals surface area contributed by atoms with Crippen molar-refractivity contribution in [3.05, 3.63) is 46.0 Å². The van der Waals surface area contributed by atoms with Crippen LogP contribution in [0.5, 0.6) is 5.75 Å². The molecule has 1 saturated heterocycles. The lowest BCUT2D eigenvalue weighted by Gasteiger charge is -2.32. The van der Waals surface area contributed by atoms with Crippen LogP contribution in [0.25, 0.3) is 11.2 Å². The van der Waals surface area contributed by atoms with Crippen LogP contribution in [-0.4, -0.2) is 56.0 Å². The van der Waals surface area contributed by atoms with Gasteiger partial charge >= 0.3 is 0 Å². The second kappa shape index (κ2) is 6.98. The molecule has 1 amide bonds. The number of carbonyl (C=O) groups is 1. The zero-order chi connectivity index (χ0) is 20.0. The van der Waals surface area contributed by atoms with Gasteiger partial charge in [0.25, 0.3) is 11.5 Å². The molecule has 3 heterocycles. The number of benzene rings is 1. The lowest BCUT2D eigenvalue weighted by Crippen LogP contribution is -2.39. The molecule has 1 N–H and O–H groups in total. The summed E-state index contributed by atoms with van der Waals surface area (Å²) >= 11 is 0. The van der Waals surface area contributed by atoms with E-state index >= 15 is 0 Å². The van der Waals surface area contributed by atoms with Gasteiger partial charge in [0.2, 0.25) is 0 Å². The molecule has 0 bridgehead atoms. The number of aromatic amines is 1. The number of nitrogens with one attached hydrogen (secondary N) is 1. The fourth-order valence-corrected chi connectivity index (χ4v) is 3.88. The number of carbonyl (C=O) groups excluding carboxylic acids is 1. The Morgan fingerprint density at radius 2 is 1.86 bits per heavy atom. The van der Waals surface area contributed by atoms with E-state index in [0.717, 1.165) is 37.3 Å². The van der Waals surface area contributed by atoms with Crippen molar-refractivity contribution in [3.63, 3.8) is 0 Å². The minimum atomic E-state index is -0.227. The first-order valence-electron chi connectivity index (χ1n) is 9.92. The smallest absolute Gasteiger partial charge is 0.281 e. The Balaban J connectivity index is 1.32. The second-order valence-corrected chi connectivity index (χ2v) is 7.68. The van der Waals surface area contributed by atoms with Crippen LogP contribution in [0.1, 0.15) is 53.8 Å². The van der Waals surface area contributed by atoms with Crippen LogP contribution < -0.4 is 10.3 Å². The van der Waals surface area contributed by atoms with Gasteiger partial charge in [0.15, 0.2) is 11.2 Å². The maximum Gasteiger partial charge on any atom is 0.281 e. The molecule has 0 atom stereocenters. The van der Waals surface area contributed by atoms with Crippen molar-refractivity contribution in [1.29, 1.82) is 0 Å². The molecular formula is C20H22N6O3. The molecule has 150 valence electrons. The molecule has 1 aliphatic carbocycles. The molecule has 1 aliphatic heterocycles. The van der Waals surface area contributed by atoms with Gasteiger partial charge in [-0.3, -0.25) is 9.59 Å². The Morgan fingerprint density at radius 3 is 2.52 bits per heavy atom. The molecule has 0 unspecified atom stereocenters. The van der Waals surface area contributed by atoms with Gasteiger partial charge in [0.1, 0.15) is 11.6 Å². The summed E-state index contributed by atoms with van der Waals surface area (Å²) in [6.45, 7) is 1.24. The predicted molar refractivity (Wildman–Crippen MR) is 105 cm³/mol. The second-order valence-electron chi connectivity index (χ2n) is 7.68. The first kappa shape index (κ1) is 17.8. The molecule has 9 heteroatoms. The Bertz CT molecular complexity index is 1110. The van der Waals surface area contributed by atoms with E-state index in [4.69, 9.17) is 4.74 Å². The molecule has 9 nitrogen and oxygen atoms in total. The van der Waals surface area contributed by atoms with Crippen molar-refractivity contribution in [2.75, 3.05) is 20.2 Å². The van der Waals surface area contributed by atoms with Crippen molar-refractivity contribution in [2.24, 2.45) is 0 Å². The lowest BCUT2D eigenvalue weighted by atomic mass is 10.0. The third-order valence-corrected chi connectivity index (χ3v) is 5.75. The summed E-state index contributed by atoms with van der Waals surface area (Å²) in [5.74, 6) is 1.82. The van der Waals surface area contributed by atoms with Gasteiger partial charge in [-0.05, 0) is 49.9 Å². The minimum Gasteiger partial charge on any atom is -0.497 e. The van der Waals surface area contributed by atoms with Gasteiger partial charge in [-0.15, -0.1) is 5.10 Å². The number of hydrogen-bond donors (Lipinski definition) is 1. The third-order valence-electron chi connectivity index (χ3n) is 5.75. The molecule has 0 spiro atoms. The molecule has 0 radical (unpaired) electrons. The Kier molecular flexibility index (Phi) is 4.30. The van der Waals surface area contributed by atoms with Crippen molar-refractivity contribution in [1.82, 2.24) is 29.9 Å². The molecule has 1 saturated carbocycles. The maximum atomic E-state index is 12.8. The van der Waals surface area contributed by atoms with E-state index in [-0.39, 0.29) is 23.0 Å². The zero-order valence-corrected chi connectivity index (χ0v) is 16.2. The maximum absolute atomic E-state index is 12.8. The molecule has 2 fully saturated rings. The van der Waals surface area contributed by atoms with Crippen LogP contribution in [0.4, 0.5) is 0 Å². The quantitative estimate of drug-likeness (QED) is 0.724. The van der Waals surface area contributed by atoms with Crippen LogP contribution in [0.2, 0.25) is 0 Å². The van der Waals surface area contributed by atoms with Gasteiger partial charge in [-0.2, -0.15) is 0 Å². The Hall–Kier alpha value is -3.23. The number of nitrogens with zero attached hydrogens (tertiary/aromatic N) is 5. The number of piperidine rings is 1. The van der Waals surface area contributed by atoms with E-state index in [1.54, 1.807) is 36.1 Å².